The van der Waals surface area contributed by atoms with Crippen molar-refractivity contribution in [2.24, 2.45) is 0 Å². The first kappa shape index (κ1) is 16.4. The molecule has 0 amide bonds. The highest BCUT2D eigenvalue weighted by Gasteiger charge is 2.09. The Kier molecular flexibility index (Phi) is 4.53. The Morgan fingerprint density at radius 3 is 2.75 bits per heavy atom. The van der Waals surface area contributed by atoms with Crippen LogP contribution >= 0.6 is 0 Å². The lowest BCUT2D eigenvalue weighted by Crippen LogP contribution is -2.23. The molecule has 3 rings (SSSR count). The van der Waals surface area contributed by atoms with Gasteiger partial charge in [0.25, 0.3) is 5.56 Å². The van der Waals surface area contributed by atoms with Gasteiger partial charge >= 0.3 is 0 Å². The molecule has 0 aliphatic heterocycles. The van der Waals surface area contributed by atoms with Crippen LogP contribution in [0, 0.1) is 20.8 Å². The lowest BCUT2D eigenvalue weighted by atomic mass is 10.1. The van der Waals surface area contributed by atoms with Crippen molar-refractivity contribution < 1.29 is 0 Å². The van der Waals surface area contributed by atoms with Crippen LogP contribution in [-0.4, -0.2) is 43.3 Å². The summed E-state index contributed by atoms with van der Waals surface area (Å²) >= 11 is 0. The molecule has 0 aliphatic carbocycles. The smallest absolute Gasteiger partial charge is 0.272 e. The van der Waals surface area contributed by atoms with Gasteiger partial charge in [0.15, 0.2) is 5.65 Å². The number of aromatic nitrogens is 5. The minimum atomic E-state index is -0.0684. The molecule has 0 bridgehead atoms. The molecule has 0 unspecified atom stereocenters. The Labute approximate surface area is 140 Å². The second-order valence-corrected chi connectivity index (χ2v) is 6.47. The van der Waals surface area contributed by atoms with Gasteiger partial charge in [-0.2, -0.15) is 5.10 Å². The summed E-state index contributed by atoms with van der Waals surface area (Å²) in [6.45, 7) is 7.62. The number of rotatable bonds is 6. The van der Waals surface area contributed by atoms with Crippen LogP contribution < -0.4 is 5.56 Å². The molecule has 0 radical (unpaired) electrons. The number of H-pyrrole nitrogens is 2. The third-order valence-corrected chi connectivity index (χ3v) is 4.31. The number of nitrogens with zero attached hydrogens (tertiary/aromatic N) is 4. The number of aromatic amines is 2. The van der Waals surface area contributed by atoms with Gasteiger partial charge in [0.05, 0.1) is 11.4 Å². The number of nitrogens with one attached hydrogen (secondary N) is 2. The Balaban J connectivity index is 1.60. The van der Waals surface area contributed by atoms with E-state index in [1.807, 2.05) is 19.9 Å². The van der Waals surface area contributed by atoms with Crippen molar-refractivity contribution >= 4 is 5.65 Å². The van der Waals surface area contributed by atoms with Crippen LogP contribution in [0.3, 0.4) is 0 Å². The summed E-state index contributed by atoms with van der Waals surface area (Å²) in [7, 11) is 2.06. The van der Waals surface area contributed by atoms with Crippen LogP contribution in [0.25, 0.3) is 5.65 Å². The standard InChI is InChI=1S/C17H24N6O/c1-11-8-16-18-14(9-17(24)23(16)21-11)10-22(4)7-5-6-15-12(2)19-20-13(15)3/h8-9,21H,5-7,10H2,1-4H3,(H,19,20). The van der Waals surface area contributed by atoms with E-state index < -0.39 is 0 Å². The molecule has 3 aromatic rings. The predicted molar refractivity (Wildman–Crippen MR) is 93.3 cm³/mol. The average molecular weight is 328 g/mol. The molecule has 7 nitrogen and oxygen atoms in total. The molecular formula is C17H24N6O. The quantitative estimate of drug-likeness (QED) is 0.722. The molecule has 2 N–H and O–H groups in total. The highest BCUT2D eigenvalue weighted by molar-refractivity contribution is 5.39. The van der Waals surface area contributed by atoms with E-state index >= 15 is 0 Å². The molecule has 128 valence electrons. The highest BCUT2D eigenvalue weighted by atomic mass is 16.1. The third kappa shape index (κ3) is 3.41. The van der Waals surface area contributed by atoms with E-state index in [9.17, 15) is 4.79 Å². The molecule has 0 aliphatic rings. The minimum absolute atomic E-state index is 0.0684. The maximum Gasteiger partial charge on any atom is 0.272 e. The number of hydrogen-bond donors (Lipinski definition) is 2. The molecule has 0 spiro atoms. The summed E-state index contributed by atoms with van der Waals surface area (Å²) in [6.07, 6.45) is 2.05. The fraction of sp³-hybridized carbons (Fsp3) is 0.471. The molecule has 3 aromatic heterocycles. The zero-order valence-electron chi connectivity index (χ0n) is 14.7. The normalized spacial score (nSPS) is 11.7. The van der Waals surface area contributed by atoms with E-state index in [-0.39, 0.29) is 5.56 Å². The molecule has 0 saturated heterocycles. The lowest BCUT2D eigenvalue weighted by Gasteiger charge is -2.16. The first-order valence-electron chi connectivity index (χ1n) is 8.21. The maximum atomic E-state index is 12.1. The molecule has 0 aromatic carbocycles. The predicted octanol–water partition coefficient (Wildman–Crippen LogP) is 1.74. The second kappa shape index (κ2) is 6.60. The van der Waals surface area contributed by atoms with Crippen molar-refractivity contribution in [3.63, 3.8) is 0 Å². The van der Waals surface area contributed by atoms with Crippen LogP contribution in [-0.2, 0) is 13.0 Å². The fourth-order valence-corrected chi connectivity index (χ4v) is 3.07. The van der Waals surface area contributed by atoms with Crippen molar-refractivity contribution in [2.75, 3.05) is 13.6 Å². The van der Waals surface area contributed by atoms with E-state index in [1.54, 1.807) is 6.07 Å². The number of hydrogen-bond acceptors (Lipinski definition) is 4. The zero-order valence-corrected chi connectivity index (χ0v) is 14.7. The summed E-state index contributed by atoms with van der Waals surface area (Å²) in [5.74, 6) is 0. The van der Waals surface area contributed by atoms with Gasteiger partial charge < -0.3 is 4.90 Å². The second-order valence-electron chi connectivity index (χ2n) is 6.47. The molecule has 7 heteroatoms. The summed E-state index contributed by atoms with van der Waals surface area (Å²) in [4.78, 5) is 18.9. The topological polar surface area (TPSA) is 82.1 Å². The van der Waals surface area contributed by atoms with Gasteiger partial charge in [0.2, 0.25) is 0 Å². The van der Waals surface area contributed by atoms with Gasteiger partial charge in [-0.25, -0.2) is 9.50 Å². The van der Waals surface area contributed by atoms with Crippen LogP contribution in [0.4, 0.5) is 0 Å². The Morgan fingerprint density at radius 2 is 2.04 bits per heavy atom. The minimum Gasteiger partial charge on any atom is -0.301 e. The Bertz CT molecular complexity index is 884. The molecule has 3 heterocycles. The van der Waals surface area contributed by atoms with Crippen molar-refractivity contribution in [2.45, 2.75) is 40.2 Å². The van der Waals surface area contributed by atoms with Crippen LogP contribution in [0.2, 0.25) is 0 Å². The van der Waals surface area contributed by atoms with Crippen LogP contribution in [0.1, 0.15) is 34.8 Å². The van der Waals surface area contributed by atoms with Gasteiger partial charge in [0.1, 0.15) is 0 Å². The van der Waals surface area contributed by atoms with Crippen molar-refractivity contribution in [1.29, 1.82) is 0 Å². The Hall–Kier alpha value is -2.41. The summed E-state index contributed by atoms with van der Waals surface area (Å²) < 4.78 is 1.48. The van der Waals surface area contributed by atoms with E-state index in [0.29, 0.717) is 12.2 Å². The van der Waals surface area contributed by atoms with E-state index in [2.05, 4.69) is 39.2 Å². The maximum absolute atomic E-state index is 12.1. The van der Waals surface area contributed by atoms with Crippen LogP contribution in [0.5, 0.6) is 0 Å². The summed E-state index contributed by atoms with van der Waals surface area (Å²) in [6, 6.07) is 3.49. The highest BCUT2D eigenvalue weighted by Crippen LogP contribution is 2.12. The van der Waals surface area contributed by atoms with E-state index in [4.69, 9.17) is 0 Å². The Morgan fingerprint density at radius 1 is 1.25 bits per heavy atom. The van der Waals surface area contributed by atoms with E-state index in [1.165, 1.54) is 10.1 Å². The van der Waals surface area contributed by atoms with Crippen molar-refractivity contribution in [3.05, 3.63) is 50.8 Å². The summed E-state index contributed by atoms with van der Waals surface area (Å²) in [5, 5.41) is 10.2. The SMILES string of the molecule is Cc1cc2nc(CN(C)CCCc3c(C)n[nH]c3C)cc(=O)n2[nH]1. The van der Waals surface area contributed by atoms with Gasteiger partial charge in [0, 0.05) is 30.1 Å². The largest absolute Gasteiger partial charge is 0.301 e. The van der Waals surface area contributed by atoms with Gasteiger partial charge in [-0.1, -0.05) is 0 Å². The number of fused-ring (bicyclic) bond motifs is 1. The zero-order chi connectivity index (χ0) is 17.3. The molecular weight excluding hydrogens is 304 g/mol. The monoisotopic (exact) mass is 328 g/mol. The van der Waals surface area contributed by atoms with Crippen molar-refractivity contribution in [1.82, 2.24) is 29.7 Å². The molecule has 24 heavy (non-hydrogen) atoms. The first-order chi connectivity index (χ1) is 11.4. The molecule has 0 saturated carbocycles. The van der Waals surface area contributed by atoms with Crippen molar-refractivity contribution in [3.8, 4) is 0 Å². The third-order valence-electron chi connectivity index (χ3n) is 4.31. The summed E-state index contributed by atoms with van der Waals surface area (Å²) in [5.41, 5.74) is 5.88. The molecule has 0 fully saturated rings. The van der Waals surface area contributed by atoms with Gasteiger partial charge in [-0.3, -0.25) is 15.0 Å². The fourth-order valence-electron chi connectivity index (χ4n) is 3.07. The van der Waals surface area contributed by atoms with Crippen LogP contribution in [0.15, 0.2) is 16.9 Å². The van der Waals surface area contributed by atoms with Gasteiger partial charge in [-0.05, 0) is 52.8 Å². The first-order valence-corrected chi connectivity index (χ1v) is 8.21. The average Bonchev–Trinajstić information content (AvgIpc) is 3.03. The van der Waals surface area contributed by atoms with Gasteiger partial charge in [-0.15, -0.1) is 0 Å². The number of aryl methyl sites for hydroxylation is 3. The lowest BCUT2D eigenvalue weighted by molar-refractivity contribution is 0.318. The molecule has 0 atom stereocenters. The van der Waals surface area contributed by atoms with E-state index in [0.717, 1.165) is 42.2 Å².